The summed E-state index contributed by atoms with van der Waals surface area (Å²) in [5.74, 6) is 3.56. The second-order valence-electron chi connectivity index (χ2n) is 2.01. The van der Waals surface area contributed by atoms with Gasteiger partial charge in [-0.1, -0.05) is 0 Å². The SMILES string of the molecule is NNC(=O)/C=C\C(=O)NNOCCO. The normalized spacial score (nSPS) is 10.1. The van der Waals surface area contributed by atoms with Crippen LogP contribution in [-0.4, -0.2) is 30.1 Å². The lowest BCUT2D eigenvalue weighted by molar-refractivity contribution is -0.123. The van der Waals surface area contributed by atoms with Crippen molar-refractivity contribution in [1.29, 1.82) is 0 Å². The molecule has 8 heteroatoms. The van der Waals surface area contributed by atoms with Gasteiger partial charge in [-0.15, -0.1) is 5.59 Å². The Morgan fingerprint density at radius 3 is 2.57 bits per heavy atom. The van der Waals surface area contributed by atoms with Crippen molar-refractivity contribution in [2.24, 2.45) is 5.84 Å². The number of carbonyl (C=O) groups is 2. The number of aliphatic hydroxyl groups excluding tert-OH is 1. The molecule has 0 rings (SSSR count). The van der Waals surface area contributed by atoms with Gasteiger partial charge in [-0.2, -0.15) is 0 Å². The maximum Gasteiger partial charge on any atom is 0.260 e. The first-order chi connectivity index (χ1) is 6.70. The molecule has 6 N–H and O–H groups in total. The fourth-order valence-corrected chi connectivity index (χ4v) is 0.424. The molecule has 0 aliphatic carbocycles. The number of rotatable bonds is 6. The Balaban J connectivity index is 3.55. The lowest BCUT2D eigenvalue weighted by Crippen LogP contribution is -2.37. The largest absolute Gasteiger partial charge is 0.394 e. The molecule has 0 bridgehead atoms. The van der Waals surface area contributed by atoms with Crippen LogP contribution in [0.15, 0.2) is 12.2 Å². The molecular weight excluding hydrogens is 192 g/mol. The van der Waals surface area contributed by atoms with E-state index in [1.54, 1.807) is 5.43 Å². The Hall–Kier alpha value is -1.48. The maximum absolute atomic E-state index is 10.8. The highest BCUT2D eigenvalue weighted by Gasteiger charge is 1.95. The molecule has 0 atom stereocenters. The van der Waals surface area contributed by atoms with Crippen molar-refractivity contribution in [3.05, 3.63) is 12.2 Å². The smallest absolute Gasteiger partial charge is 0.260 e. The molecule has 80 valence electrons. The van der Waals surface area contributed by atoms with Crippen molar-refractivity contribution >= 4 is 11.8 Å². The highest BCUT2D eigenvalue weighted by molar-refractivity contribution is 5.96. The third kappa shape index (κ3) is 7.18. The Bertz CT molecular complexity index is 218. The number of aliphatic hydroxyl groups is 1. The van der Waals surface area contributed by atoms with Crippen LogP contribution < -0.4 is 22.3 Å². The molecule has 0 radical (unpaired) electrons. The van der Waals surface area contributed by atoms with E-state index in [9.17, 15) is 9.59 Å². The summed E-state index contributed by atoms with van der Waals surface area (Å²) in [6.07, 6.45) is 1.90. The van der Waals surface area contributed by atoms with Crippen molar-refractivity contribution < 1.29 is 19.5 Å². The van der Waals surface area contributed by atoms with Crippen molar-refractivity contribution in [3.63, 3.8) is 0 Å². The van der Waals surface area contributed by atoms with E-state index >= 15 is 0 Å². The zero-order chi connectivity index (χ0) is 10.8. The first-order valence-electron chi connectivity index (χ1n) is 3.67. The number of hydrogen-bond acceptors (Lipinski definition) is 6. The number of nitrogens with one attached hydrogen (secondary N) is 3. The summed E-state index contributed by atoms with van der Waals surface area (Å²) in [6, 6.07) is 0. The van der Waals surface area contributed by atoms with Gasteiger partial charge in [0.05, 0.1) is 13.2 Å². The highest BCUT2D eigenvalue weighted by Crippen LogP contribution is 1.72. The summed E-state index contributed by atoms with van der Waals surface area (Å²) in [4.78, 5) is 25.8. The van der Waals surface area contributed by atoms with Crippen molar-refractivity contribution in [1.82, 2.24) is 16.4 Å². The second kappa shape index (κ2) is 8.13. The van der Waals surface area contributed by atoms with Crippen molar-refractivity contribution in [2.45, 2.75) is 0 Å². The van der Waals surface area contributed by atoms with Crippen molar-refractivity contribution in [2.75, 3.05) is 13.2 Å². The van der Waals surface area contributed by atoms with E-state index in [0.29, 0.717) is 0 Å². The highest BCUT2D eigenvalue weighted by atomic mass is 16.7. The maximum atomic E-state index is 10.8. The topological polar surface area (TPSA) is 126 Å². The van der Waals surface area contributed by atoms with E-state index < -0.39 is 11.8 Å². The molecule has 0 aromatic heterocycles. The molecular formula is C6H12N4O4. The molecule has 8 nitrogen and oxygen atoms in total. The van der Waals surface area contributed by atoms with Gasteiger partial charge < -0.3 is 5.11 Å². The van der Waals surface area contributed by atoms with Gasteiger partial charge in [0.25, 0.3) is 11.8 Å². The minimum absolute atomic E-state index is 0.0350. The monoisotopic (exact) mass is 204 g/mol. The Kier molecular flexibility index (Phi) is 7.27. The van der Waals surface area contributed by atoms with E-state index in [1.165, 1.54) is 0 Å². The third-order valence-electron chi connectivity index (χ3n) is 0.968. The predicted molar refractivity (Wildman–Crippen MR) is 45.8 cm³/mol. The predicted octanol–water partition coefficient (Wildman–Crippen LogP) is -2.92. The van der Waals surface area contributed by atoms with Crippen LogP contribution in [-0.2, 0) is 14.4 Å². The van der Waals surface area contributed by atoms with E-state index in [1.807, 2.05) is 0 Å². The number of hydrogen-bond donors (Lipinski definition) is 5. The van der Waals surface area contributed by atoms with Crippen LogP contribution in [0.2, 0.25) is 0 Å². The first kappa shape index (κ1) is 12.5. The molecule has 0 spiro atoms. The van der Waals surface area contributed by atoms with Gasteiger partial charge in [-0.25, -0.2) is 5.84 Å². The second-order valence-corrected chi connectivity index (χ2v) is 2.01. The average molecular weight is 204 g/mol. The zero-order valence-corrected chi connectivity index (χ0v) is 7.32. The van der Waals surface area contributed by atoms with Gasteiger partial charge in [0, 0.05) is 12.2 Å². The lowest BCUT2D eigenvalue weighted by atomic mass is 10.4. The fraction of sp³-hybridized carbons (Fsp3) is 0.333. The first-order valence-corrected chi connectivity index (χ1v) is 3.67. The zero-order valence-electron chi connectivity index (χ0n) is 7.32. The molecule has 0 aromatic rings. The van der Waals surface area contributed by atoms with Crippen LogP contribution in [0.4, 0.5) is 0 Å². The molecule has 0 aromatic carbocycles. The van der Waals surface area contributed by atoms with Crippen LogP contribution in [0.3, 0.4) is 0 Å². The van der Waals surface area contributed by atoms with Gasteiger partial charge in [0.1, 0.15) is 0 Å². The quantitative estimate of drug-likeness (QED) is 0.104. The number of amides is 2. The fourth-order valence-electron chi connectivity index (χ4n) is 0.424. The number of nitrogens with two attached hydrogens (primary N) is 1. The average Bonchev–Trinajstić information content (AvgIpc) is 2.21. The summed E-state index contributed by atoms with van der Waals surface area (Å²) in [6.45, 7) is -0.137. The van der Waals surface area contributed by atoms with Crippen LogP contribution in [0.5, 0.6) is 0 Å². The summed E-state index contributed by atoms with van der Waals surface area (Å²) in [5, 5.41) is 8.28. The van der Waals surface area contributed by atoms with E-state index in [-0.39, 0.29) is 13.2 Å². The van der Waals surface area contributed by atoms with E-state index in [4.69, 9.17) is 10.9 Å². The number of carbonyl (C=O) groups excluding carboxylic acids is 2. The van der Waals surface area contributed by atoms with Gasteiger partial charge >= 0.3 is 0 Å². The Morgan fingerprint density at radius 1 is 1.36 bits per heavy atom. The summed E-state index contributed by atoms with van der Waals surface area (Å²) < 4.78 is 0. The molecule has 14 heavy (non-hydrogen) atoms. The van der Waals surface area contributed by atoms with Gasteiger partial charge in [-0.3, -0.25) is 25.3 Å². The van der Waals surface area contributed by atoms with Gasteiger partial charge in [-0.05, 0) is 0 Å². The minimum Gasteiger partial charge on any atom is -0.394 e. The van der Waals surface area contributed by atoms with Gasteiger partial charge in [0.15, 0.2) is 0 Å². The minimum atomic E-state index is -0.601. The molecule has 0 aliphatic heterocycles. The van der Waals surface area contributed by atoms with Crippen LogP contribution in [0, 0.1) is 0 Å². The number of hydrazine groups is 2. The lowest BCUT2D eigenvalue weighted by Gasteiger charge is -2.03. The summed E-state index contributed by atoms with van der Waals surface area (Å²) >= 11 is 0. The molecule has 0 saturated heterocycles. The standard InChI is InChI=1S/C6H12N4O4/c7-8-5(12)1-2-6(13)9-10-14-4-3-11/h1-2,10-11H,3-4,7H2,(H,8,12)(H,9,13)/b2-1-. The Labute approximate surface area is 80.0 Å². The molecule has 0 aliphatic rings. The van der Waals surface area contributed by atoms with Crippen molar-refractivity contribution in [3.8, 4) is 0 Å². The van der Waals surface area contributed by atoms with Crippen LogP contribution in [0.25, 0.3) is 0 Å². The van der Waals surface area contributed by atoms with E-state index in [0.717, 1.165) is 12.2 Å². The summed E-state index contributed by atoms with van der Waals surface area (Å²) in [5.41, 5.74) is 5.93. The van der Waals surface area contributed by atoms with Crippen LogP contribution >= 0.6 is 0 Å². The summed E-state index contributed by atoms with van der Waals surface area (Å²) in [7, 11) is 0. The van der Waals surface area contributed by atoms with Gasteiger partial charge in [0.2, 0.25) is 0 Å². The third-order valence-corrected chi connectivity index (χ3v) is 0.968. The molecule has 0 fully saturated rings. The molecule has 0 heterocycles. The van der Waals surface area contributed by atoms with Crippen LogP contribution in [0.1, 0.15) is 0 Å². The van der Waals surface area contributed by atoms with E-state index in [2.05, 4.69) is 15.9 Å². The molecule has 0 saturated carbocycles. The molecule has 2 amide bonds. The molecule has 0 unspecified atom stereocenters. The Morgan fingerprint density at radius 2 is 2.00 bits per heavy atom.